The van der Waals surface area contributed by atoms with Gasteiger partial charge in [-0.25, -0.2) is 9.80 Å². The van der Waals surface area contributed by atoms with Crippen molar-refractivity contribution in [3.8, 4) is 0 Å². The van der Waals surface area contributed by atoms with Gasteiger partial charge in [0.2, 0.25) is 0 Å². The molecular weight excluding hydrogens is 418 g/mol. The average molecular weight is 440 g/mol. The largest absolute Gasteiger partial charge is 0.337 e. The number of urea groups is 1. The molecule has 2 aliphatic heterocycles. The Bertz CT molecular complexity index is 1080. The first-order valence-electron chi connectivity index (χ1n) is 9.88. The van der Waals surface area contributed by atoms with E-state index in [1.807, 2.05) is 0 Å². The number of fused-ring (bicyclic) bond motifs is 1. The van der Waals surface area contributed by atoms with E-state index in [1.165, 1.54) is 9.91 Å². The molecule has 0 saturated carbocycles. The lowest BCUT2D eigenvalue weighted by atomic mass is 9.95. The van der Waals surface area contributed by atoms with Gasteiger partial charge in [-0.15, -0.1) is 0 Å². The molecule has 31 heavy (non-hydrogen) atoms. The second-order valence-corrected chi connectivity index (χ2v) is 8.12. The maximum Gasteiger partial charge on any atom is 0.321 e. The fraction of sp³-hybridized carbons (Fsp3) is 0.273. The smallest absolute Gasteiger partial charge is 0.321 e. The van der Waals surface area contributed by atoms with Crippen LogP contribution in [-0.4, -0.2) is 60.5 Å². The summed E-state index contributed by atoms with van der Waals surface area (Å²) in [6.07, 6.45) is 0.524. The minimum absolute atomic E-state index is 0.152. The van der Waals surface area contributed by atoms with Crippen molar-refractivity contribution in [2.45, 2.75) is 6.42 Å². The van der Waals surface area contributed by atoms with E-state index in [4.69, 9.17) is 11.6 Å². The molecule has 8 nitrogen and oxygen atoms in total. The molecule has 1 atom stereocenters. The number of carbonyl (C=O) groups excluding carboxylic acids is 3. The highest BCUT2D eigenvalue weighted by Gasteiger charge is 2.41. The first-order valence-corrected chi connectivity index (χ1v) is 10.3. The Balaban J connectivity index is 1.50. The topological polar surface area (TPSA) is 85.3 Å². The van der Waals surface area contributed by atoms with Gasteiger partial charge in [0.25, 0.3) is 11.8 Å². The van der Waals surface area contributed by atoms with E-state index in [1.54, 1.807) is 67.5 Å². The average Bonchev–Trinajstić information content (AvgIpc) is 3.09. The SMILES string of the molecule is CN(C)C(=O)Nc1cccc(N2N=C3CCN(C(=O)c4cccc(Cl)c4)CC3C2=O)c1. The summed E-state index contributed by atoms with van der Waals surface area (Å²) in [5.41, 5.74) is 2.40. The number of amides is 4. The van der Waals surface area contributed by atoms with Crippen molar-refractivity contribution in [2.24, 2.45) is 11.0 Å². The summed E-state index contributed by atoms with van der Waals surface area (Å²) >= 11 is 6.01. The standard InChI is InChI=1S/C22H22ClN5O3/c1-26(2)22(31)24-16-7-4-8-17(12-16)28-21(30)18-13-27(10-9-19(18)25-28)20(29)14-5-3-6-15(23)11-14/h3-8,11-12,18H,9-10,13H2,1-2H3,(H,24,31). The molecule has 2 aromatic carbocycles. The van der Waals surface area contributed by atoms with Gasteiger partial charge in [-0.05, 0) is 36.4 Å². The number of piperidine rings is 1. The van der Waals surface area contributed by atoms with E-state index in [2.05, 4.69) is 10.4 Å². The molecule has 1 fully saturated rings. The normalized spacial score (nSPS) is 17.8. The van der Waals surface area contributed by atoms with Crippen LogP contribution in [0.3, 0.4) is 0 Å². The van der Waals surface area contributed by atoms with Crippen molar-refractivity contribution >= 4 is 46.5 Å². The van der Waals surface area contributed by atoms with Gasteiger partial charge in [-0.3, -0.25) is 9.59 Å². The number of hydrogen-bond donors (Lipinski definition) is 1. The van der Waals surface area contributed by atoms with Crippen LogP contribution in [0.4, 0.5) is 16.2 Å². The number of benzene rings is 2. The number of hydrogen-bond acceptors (Lipinski definition) is 4. The van der Waals surface area contributed by atoms with Gasteiger partial charge in [0, 0.05) is 49.9 Å². The summed E-state index contributed by atoms with van der Waals surface area (Å²) < 4.78 is 0. The van der Waals surface area contributed by atoms with E-state index < -0.39 is 5.92 Å². The number of anilines is 2. The second-order valence-electron chi connectivity index (χ2n) is 7.68. The molecule has 1 unspecified atom stereocenters. The lowest BCUT2D eigenvalue weighted by Crippen LogP contribution is -2.46. The van der Waals surface area contributed by atoms with Crippen LogP contribution < -0.4 is 10.3 Å². The fourth-order valence-electron chi connectivity index (χ4n) is 3.63. The molecule has 0 bridgehead atoms. The van der Waals surface area contributed by atoms with Crippen LogP contribution in [-0.2, 0) is 4.79 Å². The highest BCUT2D eigenvalue weighted by molar-refractivity contribution is 6.31. The van der Waals surface area contributed by atoms with Crippen LogP contribution in [0.1, 0.15) is 16.8 Å². The monoisotopic (exact) mass is 439 g/mol. The molecule has 0 radical (unpaired) electrons. The van der Waals surface area contributed by atoms with E-state index in [-0.39, 0.29) is 24.4 Å². The lowest BCUT2D eigenvalue weighted by Gasteiger charge is -2.30. The summed E-state index contributed by atoms with van der Waals surface area (Å²) in [5.74, 6) is -0.812. The number of nitrogens with one attached hydrogen (secondary N) is 1. The molecule has 2 heterocycles. The predicted octanol–water partition coefficient (Wildman–Crippen LogP) is 3.30. The predicted molar refractivity (Wildman–Crippen MR) is 120 cm³/mol. The third-order valence-electron chi connectivity index (χ3n) is 5.29. The van der Waals surface area contributed by atoms with Crippen molar-refractivity contribution in [2.75, 3.05) is 37.5 Å². The summed E-state index contributed by atoms with van der Waals surface area (Å²) in [7, 11) is 3.30. The molecule has 2 aliphatic rings. The molecule has 1 saturated heterocycles. The van der Waals surface area contributed by atoms with Crippen LogP contribution in [0.25, 0.3) is 0 Å². The van der Waals surface area contributed by atoms with Crippen LogP contribution in [0.5, 0.6) is 0 Å². The van der Waals surface area contributed by atoms with Gasteiger partial charge in [0.05, 0.1) is 17.3 Å². The van der Waals surface area contributed by atoms with E-state index in [9.17, 15) is 14.4 Å². The number of halogens is 1. The first-order chi connectivity index (χ1) is 14.8. The quantitative estimate of drug-likeness (QED) is 0.796. The molecule has 0 aromatic heterocycles. The maximum atomic E-state index is 13.1. The Morgan fingerprint density at radius 3 is 2.68 bits per heavy atom. The third-order valence-corrected chi connectivity index (χ3v) is 5.52. The fourth-order valence-corrected chi connectivity index (χ4v) is 3.82. The molecule has 160 valence electrons. The zero-order chi connectivity index (χ0) is 22.1. The minimum atomic E-state index is -0.475. The Labute approximate surface area is 185 Å². The molecule has 9 heteroatoms. The highest BCUT2D eigenvalue weighted by Crippen LogP contribution is 2.30. The van der Waals surface area contributed by atoms with Gasteiger partial charge in [0.1, 0.15) is 0 Å². The van der Waals surface area contributed by atoms with E-state index in [0.717, 1.165) is 5.71 Å². The molecule has 0 spiro atoms. The molecular formula is C22H22ClN5O3. The maximum absolute atomic E-state index is 13.1. The Hall–Kier alpha value is -3.39. The van der Waals surface area contributed by atoms with Gasteiger partial charge in [-0.1, -0.05) is 23.7 Å². The van der Waals surface area contributed by atoms with Crippen molar-refractivity contribution in [1.29, 1.82) is 0 Å². The van der Waals surface area contributed by atoms with Crippen molar-refractivity contribution in [1.82, 2.24) is 9.80 Å². The first kappa shape index (κ1) is 20.9. The second kappa shape index (κ2) is 8.39. The molecule has 2 aromatic rings. The minimum Gasteiger partial charge on any atom is -0.337 e. The lowest BCUT2D eigenvalue weighted by molar-refractivity contribution is -0.120. The van der Waals surface area contributed by atoms with Crippen molar-refractivity contribution in [3.63, 3.8) is 0 Å². The van der Waals surface area contributed by atoms with Crippen molar-refractivity contribution in [3.05, 3.63) is 59.1 Å². The summed E-state index contributed by atoms with van der Waals surface area (Å²) in [6.45, 7) is 0.761. The Kier molecular flexibility index (Phi) is 5.65. The summed E-state index contributed by atoms with van der Waals surface area (Å²) in [5, 5.41) is 9.13. The summed E-state index contributed by atoms with van der Waals surface area (Å²) in [4.78, 5) is 41.0. The van der Waals surface area contributed by atoms with Gasteiger partial charge in [0.15, 0.2) is 0 Å². The third kappa shape index (κ3) is 4.25. The van der Waals surface area contributed by atoms with Gasteiger partial charge in [-0.2, -0.15) is 5.10 Å². The van der Waals surface area contributed by atoms with E-state index in [0.29, 0.717) is 34.9 Å². The number of rotatable bonds is 3. The van der Waals surface area contributed by atoms with Crippen molar-refractivity contribution < 1.29 is 14.4 Å². The molecule has 4 amide bonds. The van der Waals surface area contributed by atoms with E-state index >= 15 is 0 Å². The number of likely N-dealkylation sites (tertiary alicyclic amines) is 1. The highest BCUT2D eigenvalue weighted by atomic mass is 35.5. The zero-order valence-corrected chi connectivity index (χ0v) is 18.0. The Morgan fingerprint density at radius 2 is 1.94 bits per heavy atom. The van der Waals surface area contributed by atoms with Gasteiger partial charge >= 0.3 is 6.03 Å². The number of nitrogens with zero attached hydrogens (tertiary/aromatic N) is 4. The van der Waals surface area contributed by atoms with Crippen LogP contribution >= 0.6 is 11.6 Å². The molecule has 1 N–H and O–H groups in total. The number of carbonyl (C=O) groups is 3. The Morgan fingerprint density at radius 1 is 1.16 bits per heavy atom. The number of hydrazone groups is 1. The van der Waals surface area contributed by atoms with Crippen LogP contribution in [0.2, 0.25) is 5.02 Å². The molecule has 4 rings (SSSR count). The summed E-state index contributed by atoms with van der Waals surface area (Å²) in [6, 6.07) is 13.5. The van der Waals surface area contributed by atoms with Gasteiger partial charge < -0.3 is 15.1 Å². The van der Waals surface area contributed by atoms with Crippen LogP contribution in [0, 0.1) is 5.92 Å². The van der Waals surface area contributed by atoms with Crippen LogP contribution in [0.15, 0.2) is 53.6 Å². The molecule has 0 aliphatic carbocycles. The zero-order valence-electron chi connectivity index (χ0n) is 17.2.